The molecule has 0 heterocycles. The van der Waals surface area contributed by atoms with Crippen molar-refractivity contribution >= 4 is 35.5 Å². The van der Waals surface area contributed by atoms with Crippen LogP contribution in [-0.2, 0) is 42.9 Å². The van der Waals surface area contributed by atoms with E-state index in [1.807, 2.05) is 6.08 Å². The second-order valence-electron chi connectivity index (χ2n) is 10.9. The number of anilines is 1. The summed E-state index contributed by atoms with van der Waals surface area (Å²) in [6.45, 7) is 1.13. The highest BCUT2D eigenvalue weighted by Crippen LogP contribution is 2.21. The third-order valence-corrected chi connectivity index (χ3v) is 6.61. The van der Waals surface area contributed by atoms with Gasteiger partial charge < -0.3 is 34.5 Å². The maximum absolute atomic E-state index is 12.4. The standard InChI is InChI=1S/C39H51NO11/c1-3-4-5-6-7-8-9-10-11-12-13-14-15-16-17-18-19-21-36(43)48-27-20-22-37(44)49-29-32(51-38(45)26-25-35(42)47-2)30-50-39(46)33-24-23-31(40)28-34(33)41/h4-5,7-8,10-11,13-14,16-17,23-26,28,32,41H,3,6,9,12,15,18-22,27,29-30,40H2,1-2H3/b5-4-,8-7-,11-10-,14-13-,17-16-,26-25+. The van der Waals surface area contributed by atoms with E-state index in [4.69, 9.17) is 24.7 Å². The highest BCUT2D eigenvalue weighted by molar-refractivity contribution is 5.93. The van der Waals surface area contributed by atoms with Crippen molar-refractivity contribution in [2.75, 3.05) is 32.7 Å². The van der Waals surface area contributed by atoms with Crippen LogP contribution in [0.15, 0.2) is 91.1 Å². The number of phenols is 1. The normalized spacial score (nSPS) is 12.4. The minimum absolute atomic E-state index is 0.0229. The lowest BCUT2D eigenvalue weighted by molar-refractivity contribution is -0.158. The third kappa shape index (κ3) is 23.6. The molecule has 278 valence electrons. The number of esters is 5. The largest absolute Gasteiger partial charge is 0.507 e. The molecule has 0 aliphatic heterocycles. The molecule has 0 aliphatic rings. The average Bonchev–Trinajstić information content (AvgIpc) is 3.11. The summed E-state index contributed by atoms with van der Waals surface area (Å²) in [7, 11) is 1.13. The van der Waals surface area contributed by atoms with Gasteiger partial charge in [0, 0.05) is 36.7 Å². The number of carbonyl (C=O) groups excluding carboxylic acids is 5. The first-order valence-corrected chi connectivity index (χ1v) is 16.9. The Morgan fingerprint density at radius 1 is 0.725 bits per heavy atom. The van der Waals surface area contributed by atoms with Crippen molar-refractivity contribution in [2.45, 2.75) is 77.2 Å². The summed E-state index contributed by atoms with van der Waals surface area (Å²) < 4.78 is 25.0. The summed E-state index contributed by atoms with van der Waals surface area (Å²) in [4.78, 5) is 60.1. The smallest absolute Gasteiger partial charge is 0.342 e. The van der Waals surface area contributed by atoms with E-state index in [1.54, 1.807) is 0 Å². The van der Waals surface area contributed by atoms with Crippen molar-refractivity contribution in [2.24, 2.45) is 0 Å². The minimum atomic E-state index is -1.25. The van der Waals surface area contributed by atoms with Crippen LogP contribution in [-0.4, -0.2) is 68.0 Å². The van der Waals surface area contributed by atoms with Gasteiger partial charge in [-0.1, -0.05) is 67.7 Å². The summed E-state index contributed by atoms with van der Waals surface area (Å²) in [5, 5.41) is 9.95. The number of methoxy groups -OCH3 is 1. The van der Waals surface area contributed by atoms with Crippen molar-refractivity contribution < 1.29 is 52.8 Å². The molecular formula is C39H51NO11. The highest BCUT2D eigenvalue weighted by Gasteiger charge is 2.21. The zero-order chi connectivity index (χ0) is 37.5. The first-order valence-electron chi connectivity index (χ1n) is 16.9. The molecule has 0 aliphatic carbocycles. The second-order valence-corrected chi connectivity index (χ2v) is 10.9. The minimum Gasteiger partial charge on any atom is -0.507 e. The van der Waals surface area contributed by atoms with E-state index in [2.05, 4.69) is 66.3 Å². The number of nitrogen functional groups attached to an aromatic ring is 1. The molecule has 0 aromatic heterocycles. The summed E-state index contributed by atoms with van der Waals surface area (Å²) >= 11 is 0. The number of phenolic OH excluding ortho intramolecular Hbond substituents is 1. The fourth-order valence-electron chi connectivity index (χ4n) is 3.96. The molecular weight excluding hydrogens is 658 g/mol. The van der Waals surface area contributed by atoms with Crippen LogP contribution in [0.25, 0.3) is 0 Å². The molecule has 12 nitrogen and oxygen atoms in total. The molecule has 1 aromatic carbocycles. The average molecular weight is 710 g/mol. The molecule has 1 rings (SSSR count). The number of benzene rings is 1. The van der Waals surface area contributed by atoms with Gasteiger partial charge in [0.25, 0.3) is 0 Å². The van der Waals surface area contributed by atoms with Crippen molar-refractivity contribution in [3.8, 4) is 5.75 Å². The van der Waals surface area contributed by atoms with E-state index in [-0.39, 0.29) is 43.1 Å². The van der Waals surface area contributed by atoms with Gasteiger partial charge in [-0.25, -0.2) is 14.4 Å². The summed E-state index contributed by atoms with van der Waals surface area (Å²) in [6, 6.07) is 3.81. The Kier molecular flexibility index (Phi) is 24.3. The highest BCUT2D eigenvalue weighted by atomic mass is 16.6. The lowest BCUT2D eigenvalue weighted by Gasteiger charge is -2.17. The molecule has 1 unspecified atom stereocenters. The number of carbonyl (C=O) groups is 5. The molecule has 0 saturated carbocycles. The monoisotopic (exact) mass is 709 g/mol. The number of allylic oxidation sites excluding steroid dienone is 10. The summed E-state index contributed by atoms with van der Waals surface area (Å²) in [6.07, 6.45) is 28.1. The SMILES string of the molecule is CC/C=C\C/C=C\C/C=C\C/C=C\C/C=C\CCCC(=O)OCCCC(=O)OCC(COC(=O)c1ccc(N)cc1O)OC(=O)/C=C/C(=O)OC. The number of unbranched alkanes of at least 4 members (excludes halogenated alkanes) is 1. The second kappa shape index (κ2) is 28.4. The molecule has 1 aromatic rings. The quantitative estimate of drug-likeness (QED) is 0.0279. The fourth-order valence-corrected chi connectivity index (χ4v) is 3.96. The molecule has 51 heavy (non-hydrogen) atoms. The Bertz CT molecular complexity index is 1410. The number of hydrogen-bond acceptors (Lipinski definition) is 12. The van der Waals surface area contributed by atoms with Gasteiger partial charge in [-0.15, -0.1) is 0 Å². The van der Waals surface area contributed by atoms with Crippen molar-refractivity contribution in [3.63, 3.8) is 0 Å². The van der Waals surface area contributed by atoms with Gasteiger partial charge >= 0.3 is 29.8 Å². The van der Waals surface area contributed by atoms with Crippen LogP contribution in [0, 0.1) is 0 Å². The van der Waals surface area contributed by atoms with Gasteiger partial charge in [-0.3, -0.25) is 9.59 Å². The molecule has 0 bridgehead atoms. The van der Waals surface area contributed by atoms with Gasteiger partial charge in [0.1, 0.15) is 24.5 Å². The molecule has 0 amide bonds. The van der Waals surface area contributed by atoms with E-state index in [9.17, 15) is 29.1 Å². The molecule has 0 radical (unpaired) electrons. The lowest BCUT2D eigenvalue weighted by Crippen LogP contribution is -2.30. The van der Waals surface area contributed by atoms with E-state index in [0.29, 0.717) is 6.42 Å². The number of rotatable bonds is 25. The van der Waals surface area contributed by atoms with Gasteiger partial charge in [-0.05, 0) is 63.5 Å². The number of aromatic hydroxyl groups is 1. The molecule has 0 saturated heterocycles. The Balaban J connectivity index is 2.31. The number of nitrogens with two attached hydrogens (primary N) is 1. The third-order valence-electron chi connectivity index (χ3n) is 6.61. The van der Waals surface area contributed by atoms with E-state index >= 15 is 0 Å². The lowest BCUT2D eigenvalue weighted by atomic mass is 10.2. The van der Waals surface area contributed by atoms with Crippen LogP contribution in [0.1, 0.15) is 81.5 Å². The predicted molar refractivity (Wildman–Crippen MR) is 193 cm³/mol. The van der Waals surface area contributed by atoms with Crippen LogP contribution in [0.3, 0.4) is 0 Å². The zero-order valence-electron chi connectivity index (χ0n) is 29.5. The van der Waals surface area contributed by atoms with Gasteiger partial charge in [0.05, 0.1) is 13.7 Å². The molecule has 3 N–H and O–H groups in total. The molecule has 0 fully saturated rings. The van der Waals surface area contributed by atoms with Crippen LogP contribution >= 0.6 is 0 Å². The van der Waals surface area contributed by atoms with Crippen LogP contribution in [0.4, 0.5) is 5.69 Å². The van der Waals surface area contributed by atoms with Gasteiger partial charge in [0.2, 0.25) is 0 Å². The van der Waals surface area contributed by atoms with E-state index < -0.39 is 48.9 Å². The molecule has 1 atom stereocenters. The van der Waals surface area contributed by atoms with Gasteiger partial charge in [0.15, 0.2) is 6.10 Å². The van der Waals surface area contributed by atoms with E-state index in [1.165, 1.54) is 12.1 Å². The van der Waals surface area contributed by atoms with Crippen LogP contribution in [0.5, 0.6) is 5.75 Å². The Hall–Kier alpha value is -5.39. The summed E-state index contributed by atoms with van der Waals surface area (Å²) in [5.41, 5.74) is 5.62. The van der Waals surface area contributed by atoms with Crippen molar-refractivity contribution in [1.29, 1.82) is 0 Å². The Morgan fingerprint density at radius 3 is 1.88 bits per heavy atom. The predicted octanol–water partition coefficient (Wildman–Crippen LogP) is 6.56. The zero-order valence-corrected chi connectivity index (χ0v) is 29.5. The number of ether oxygens (including phenoxy) is 5. The van der Waals surface area contributed by atoms with Crippen LogP contribution < -0.4 is 5.73 Å². The Labute approximate surface area is 300 Å². The molecule has 12 heteroatoms. The van der Waals surface area contributed by atoms with Crippen LogP contribution in [0.2, 0.25) is 0 Å². The number of hydrogen-bond donors (Lipinski definition) is 2. The first kappa shape index (κ1) is 43.6. The van der Waals surface area contributed by atoms with Crippen molar-refractivity contribution in [1.82, 2.24) is 0 Å². The summed E-state index contributed by atoms with van der Waals surface area (Å²) in [5.74, 6) is -4.17. The molecule has 0 spiro atoms. The fraction of sp³-hybridized carbons (Fsp3) is 0.410. The maximum atomic E-state index is 12.4. The first-order chi connectivity index (χ1) is 24.7. The van der Waals surface area contributed by atoms with Crippen molar-refractivity contribution in [3.05, 3.63) is 96.7 Å². The topological polar surface area (TPSA) is 178 Å². The van der Waals surface area contributed by atoms with Gasteiger partial charge in [-0.2, -0.15) is 0 Å². The van der Waals surface area contributed by atoms with E-state index in [0.717, 1.165) is 63.9 Å². The Morgan fingerprint density at radius 2 is 1.27 bits per heavy atom. The maximum Gasteiger partial charge on any atom is 0.342 e.